The van der Waals surface area contributed by atoms with Crippen molar-refractivity contribution in [3.63, 3.8) is 0 Å². The maximum Gasteiger partial charge on any atom is 0.250 e. The average Bonchev–Trinajstić information content (AvgIpc) is 2.29. The summed E-state index contributed by atoms with van der Waals surface area (Å²) in [4.78, 5) is 11.7. The summed E-state index contributed by atoms with van der Waals surface area (Å²) in [5.74, 6) is 0.787. The lowest BCUT2D eigenvalue weighted by molar-refractivity contribution is 0.336. The molecule has 0 aliphatic carbocycles. The molecule has 88 valence electrons. The summed E-state index contributed by atoms with van der Waals surface area (Å²) >= 11 is 0. The van der Waals surface area contributed by atoms with Gasteiger partial charge in [-0.05, 0) is 56.8 Å². The molecule has 1 aliphatic rings. The first-order valence-corrected chi connectivity index (χ1v) is 6.13. The molecule has 1 fully saturated rings. The molecule has 1 N–H and O–H groups in total. The summed E-state index contributed by atoms with van der Waals surface area (Å²) < 4.78 is 1.83. The normalized spacial score (nSPS) is 17.6. The van der Waals surface area contributed by atoms with Crippen molar-refractivity contribution in [1.29, 1.82) is 0 Å². The van der Waals surface area contributed by atoms with Gasteiger partial charge in [0.25, 0.3) is 5.56 Å². The Balaban J connectivity index is 1.91. The largest absolute Gasteiger partial charge is 0.317 e. The minimum atomic E-state index is 0.133. The van der Waals surface area contributed by atoms with Gasteiger partial charge in [0.2, 0.25) is 0 Å². The SMILES string of the molecule is Cc1ccn(CCC2CCNCC2)c(=O)c1. The molecule has 0 unspecified atom stereocenters. The Kier molecular flexibility index (Phi) is 3.78. The third-order valence-electron chi connectivity index (χ3n) is 3.39. The molecule has 3 nitrogen and oxygen atoms in total. The van der Waals surface area contributed by atoms with E-state index in [2.05, 4.69) is 5.32 Å². The molecule has 3 heteroatoms. The second-order valence-corrected chi connectivity index (χ2v) is 4.72. The monoisotopic (exact) mass is 220 g/mol. The third kappa shape index (κ3) is 2.95. The molecule has 0 bridgehead atoms. The van der Waals surface area contributed by atoms with Crippen LogP contribution in [0.25, 0.3) is 0 Å². The number of aryl methyl sites for hydroxylation is 2. The zero-order chi connectivity index (χ0) is 11.4. The van der Waals surface area contributed by atoms with Gasteiger partial charge in [-0.3, -0.25) is 4.79 Å². The van der Waals surface area contributed by atoms with Crippen molar-refractivity contribution in [2.45, 2.75) is 32.7 Å². The van der Waals surface area contributed by atoms with Crippen LogP contribution >= 0.6 is 0 Å². The summed E-state index contributed by atoms with van der Waals surface area (Å²) in [6, 6.07) is 3.71. The predicted molar refractivity (Wildman–Crippen MR) is 65.6 cm³/mol. The van der Waals surface area contributed by atoms with E-state index in [0.717, 1.165) is 37.5 Å². The van der Waals surface area contributed by atoms with Gasteiger partial charge in [0, 0.05) is 18.8 Å². The fourth-order valence-electron chi connectivity index (χ4n) is 2.28. The van der Waals surface area contributed by atoms with E-state index in [1.807, 2.05) is 23.8 Å². The average molecular weight is 220 g/mol. The fraction of sp³-hybridized carbons (Fsp3) is 0.615. The molecular formula is C13H20N2O. The van der Waals surface area contributed by atoms with Crippen LogP contribution in [0.4, 0.5) is 0 Å². The van der Waals surface area contributed by atoms with Crippen molar-refractivity contribution < 1.29 is 0 Å². The van der Waals surface area contributed by atoms with Gasteiger partial charge in [-0.25, -0.2) is 0 Å². The van der Waals surface area contributed by atoms with E-state index in [1.54, 1.807) is 6.07 Å². The molecule has 1 aromatic rings. The number of nitrogens with one attached hydrogen (secondary N) is 1. The molecule has 0 saturated carbocycles. The van der Waals surface area contributed by atoms with E-state index >= 15 is 0 Å². The van der Waals surface area contributed by atoms with Gasteiger partial charge in [0.15, 0.2) is 0 Å². The summed E-state index contributed by atoms with van der Waals surface area (Å²) in [5, 5.41) is 3.36. The lowest BCUT2D eigenvalue weighted by Gasteiger charge is -2.22. The molecule has 1 aromatic heterocycles. The van der Waals surface area contributed by atoms with E-state index in [-0.39, 0.29) is 5.56 Å². The van der Waals surface area contributed by atoms with Crippen LogP contribution in [0, 0.1) is 12.8 Å². The fourth-order valence-corrected chi connectivity index (χ4v) is 2.28. The number of hydrogen-bond donors (Lipinski definition) is 1. The molecule has 0 radical (unpaired) electrons. The molecule has 1 saturated heterocycles. The predicted octanol–water partition coefficient (Wildman–Crippen LogP) is 1.55. The first kappa shape index (κ1) is 11.4. The Labute approximate surface area is 96.5 Å². The minimum Gasteiger partial charge on any atom is -0.317 e. The zero-order valence-electron chi connectivity index (χ0n) is 9.91. The van der Waals surface area contributed by atoms with E-state index < -0.39 is 0 Å². The number of pyridine rings is 1. The number of rotatable bonds is 3. The van der Waals surface area contributed by atoms with Crippen LogP contribution in [0.1, 0.15) is 24.8 Å². The lowest BCUT2D eigenvalue weighted by Crippen LogP contribution is -2.29. The number of hydrogen-bond acceptors (Lipinski definition) is 2. The molecule has 0 spiro atoms. The number of nitrogens with zero attached hydrogens (tertiary/aromatic N) is 1. The highest BCUT2D eigenvalue weighted by atomic mass is 16.1. The standard InChI is InChI=1S/C13H20N2O/c1-11-4-8-15(13(16)10-11)9-5-12-2-6-14-7-3-12/h4,8,10,12,14H,2-3,5-7,9H2,1H3. The van der Waals surface area contributed by atoms with Crippen molar-refractivity contribution in [3.8, 4) is 0 Å². The highest BCUT2D eigenvalue weighted by Gasteiger charge is 2.12. The molecule has 2 heterocycles. The maximum atomic E-state index is 11.7. The van der Waals surface area contributed by atoms with Crippen molar-refractivity contribution in [3.05, 3.63) is 34.2 Å². The molecule has 0 aromatic carbocycles. The highest BCUT2D eigenvalue weighted by Crippen LogP contribution is 2.16. The Morgan fingerprint density at radius 2 is 2.19 bits per heavy atom. The van der Waals surface area contributed by atoms with Crippen molar-refractivity contribution in [1.82, 2.24) is 9.88 Å². The third-order valence-corrected chi connectivity index (χ3v) is 3.39. The van der Waals surface area contributed by atoms with Crippen LogP contribution in [0.3, 0.4) is 0 Å². The topological polar surface area (TPSA) is 34.0 Å². The van der Waals surface area contributed by atoms with Gasteiger partial charge in [0.05, 0.1) is 0 Å². The lowest BCUT2D eigenvalue weighted by atomic mass is 9.95. The summed E-state index contributed by atoms with van der Waals surface area (Å²) in [7, 11) is 0. The van der Waals surface area contributed by atoms with Crippen LogP contribution in [-0.2, 0) is 6.54 Å². The van der Waals surface area contributed by atoms with Crippen LogP contribution in [0.5, 0.6) is 0 Å². The first-order chi connectivity index (χ1) is 7.75. The summed E-state index contributed by atoms with van der Waals surface area (Å²) in [6.45, 7) is 5.09. The van der Waals surface area contributed by atoms with Crippen molar-refractivity contribution in [2.24, 2.45) is 5.92 Å². The van der Waals surface area contributed by atoms with Gasteiger partial charge in [-0.1, -0.05) is 0 Å². The van der Waals surface area contributed by atoms with Gasteiger partial charge in [-0.2, -0.15) is 0 Å². The quantitative estimate of drug-likeness (QED) is 0.838. The second kappa shape index (κ2) is 5.30. The van der Waals surface area contributed by atoms with Crippen LogP contribution in [0.15, 0.2) is 23.1 Å². The van der Waals surface area contributed by atoms with E-state index in [0.29, 0.717) is 0 Å². The number of piperidine rings is 1. The second-order valence-electron chi connectivity index (χ2n) is 4.72. The molecule has 1 aliphatic heterocycles. The van der Waals surface area contributed by atoms with E-state index in [4.69, 9.17) is 0 Å². The maximum absolute atomic E-state index is 11.7. The van der Waals surface area contributed by atoms with Crippen LogP contribution in [0.2, 0.25) is 0 Å². The molecule has 0 amide bonds. The summed E-state index contributed by atoms with van der Waals surface area (Å²) in [5.41, 5.74) is 1.18. The van der Waals surface area contributed by atoms with E-state index in [1.165, 1.54) is 12.8 Å². The van der Waals surface area contributed by atoms with Crippen LogP contribution in [-0.4, -0.2) is 17.7 Å². The van der Waals surface area contributed by atoms with Gasteiger partial charge in [-0.15, -0.1) is 0 Å². The molecule has 16 heavy (non-hydrogen) atoms. The highest BCUT2D eigenvalue weighted by molar-refractivity contribution is 5.07. The van der Waals surface area contributed by atoms with Crippen molar-refractivity contribution >= 4 is 0 Å². The number of aromatic nitrogens is 1. The Morgan fingerprint density at radius 1 is 1.44 bits per heavy atom. The zero-order valence-corrected chi connectivity index (χ0v) is 9.91. The van der Waals surface area contributed by atoms with Gasteiger partial charge < -0.3 is 9.88 Å². The Bertz CT molecular complexity index is 391. The smallest absolute Gasteiger partial charge is 0.250 e. The Morgan fingerprint density at radius 3 is 2.88 bits per heavy atom. The van der Waals surface area contributed by atoms with E-state index in [9.17, 15) is 4.79 Å². The van der Waals surface area contributed by atoms with Gasteiger partial charge >= 0.3 is 0 Å². The molecule has 2 rings (SSSR count). The van der Waals surface area contributed by atoms with Gasteiger partial charge in [0.1, 0.15) is 0 Å². The molecular weight excluding hydrogens is 200 g/mol. The minimum absolute atomic E-state index is 0.133. The summed E-state index contributed by atoms with van der Waals surface area (Å²) in [6.07, 6.45) is 5.55. The first-order valence-electron chi connectivity index (χ1n) is 6.13. The molecule has 0 atom stereocenters. The van der Waals surface area contributed by atoms with Crippen LogP contribution < -0.4 is 10.9 Å². The Hall–Kier alpha value is -1.09. The van der Waals surface area contributed by atoms with Crippen molar-refractivity contribution in [2.75, 3.05) is 13.1 Å².